The Morgan fingerprint density at radius 1 is 1.05 bits per heavy atom. The molecule has 0 aliphatic heterocycles. The molecule has 102 valence electrons. The van der Waals surface area contributed by atoms with Crippen LogP contribution in [0.4, 0.5) is 11.4 Å². The molecule has 2 rings (SSSR count). The molecule has 0 spiro atoms. The number of aliphatic carboxylic acids is 1. The predicted octanol–water partition coefficient (Wildman–Crippen LogP) is 3.79. The summed E-state index contributed by atoms with van der Waals surface area (Å²) in [6.45, 7) is 0. The Bertz CT molecular complexity index is 611. The highest BCUT2D eigenvalue weighted by Gasteiger charge is 2.10. The Labute approximate surface area is 120 Å². The summed E-state index contributed by atoms with van der Waals surface area (Å²) in [5.41, 5.74) is 1.79. The predicted molar refractivity (Wildman–Crippen MR) is 77.2 cm³/mol. The Kier molecular flexibility index (Phi) is 4.32. The Morgan fingerprint density at radius 2 is 1.55 bits per heavy atom. The number of nitrogens with zero attached hydrogens (tertiary/aromatic N) is 2. The quantitative estimate of drug-likeness (QED) is 0.672. The van der Waals surface area contributed by atoms with Gasteiger partial charge < -0.3 is 5.11 Å². The van der Waals surface area contributed by atoms with Gasteiger partial charge in [-0.25, -0.2) is 0 Å². The minimum Gasteiger partial charge on any atom is -0.481 e. The van der Waals surface area contributed by atoms with Crippen molar-refractivity contribution < 1.29 is 9.90 Å². The van der Waals surface area contributed by atoms with E-state index in [0.717, 1.165) is 0 Å². The van der Waals surface area contributed by atoms with Crippen molar-refractivity contribution in [1.82, 2.24) is 0 Å². The summed E-state index contributed by atoms with van der Waals surface area (Å²) in [5.74, 6) is -0.902. The van der Waals surface area contributed by atoms with Crippen LogP contribution in [0.3, 0.4) is 0 Å². The maximum atomic E-state index is 11.0. The first-order valence-electron chi connectivity index (χ1n) is 5.80. The Balaban J connectivity index is 2.25. The van der Waals surface area contributed by atoms with E-state index in [1.54, 1.807) is 48.5 Å². The molecule has 20 heavy (non-hydrogen) atoms. The van der Waals surface area contributed by atoms with Gasteiger partial charge in [-0.2, -0.15) is 5.01 Å². The molecule has 0 aromatic heterocycles. The number of hydrogen-bond donors (Lipinski definition) is 1. The van der Waals surface area contributed by atoms with E-state index in [0.29, 0.717) is 22.0 Å². The van der Waals surface area contributed by atoms with E-state index in [1.165, 1.54) is 5.01 Å². The number of carboxylic acid groups (broad SMARTS) is 1. The number of hydrogen-bond acceptors (Lipinski definition) is 3. The summed E-state index contributed by atoms with van der Waals surface area (Å²) >= 11 is 5.79. The lowest BCUT2D eigenvalue weighted by atomic mass is 10.1. The summed E-state index contributed by atoms with van der Waals surface area (Å²) in [6.07, 6.45) is -0.0598. The minimum atomic E-state index is -0.902. The lowest BCUT2D eigenvalue weighted by molar-refractivity contribution is -0.136. The van der Waals surface area contributed by atoms with Crippen LogP contribution in [0.2, 0.25) is 5.02 Å². The van der Waals surface area contributed by atoms with Gasteiger partial charge in [-0.05, 0) is 42.0 Å². The average molecular weight is 291 g/mol. The van der Waals surface area contributed by atoms with Crippen LogP contribution in [-0.4, -0.2) is 11.1 Å². The fourth-order valence-corrected chi connectivity index (χ4v) is 1.88. The van der Waals surface area contributed by atoms with Crippen LogP contribution in [0.1, 0.15) is 5.56 Å². The third-order valence-corrected chi connectivity index (χ3v) is 2.94. The second-order valence-electron chi connectivity index (χ2n) is 4.11. The van der Waals surface area contributed by atoms with Crippen LogP contribution in [0.25, 0.3) is 0 Å². The van der Waals surface area contributed by atoms with Crippen molar-refractivity contribution in [2.45, 2.75) is 6.42 Å². The zero-order valence-corrected chi connectivity index (χ0v) is 11.1. The van der Waals surface area contributed by atoms with E-state index in [2.05, 4.69) is 5.29 Å². The second kappa shape index (κ2) is 6.16. The van der Waals surface area contributed by atoms with Crippen molar-refractivity contribution in [3.05, 3.63) is 64.0 Å². The highest BCUT2D eigenvalue weighted by molar-refractivity contribution is 6.30. The van der Waals surface area contributed by atoms with Gasteiger partial charge >= 0.3 is 5.97 Å². The van der Waals surface area contributed by atoms with E-state index in [9.17, 15) is 9.70 Å². The van der Waals surface area contributed by atoms with Gasteiger partial charge in [0.1, 0.15) is 0 Å². The zero-order chi connectivity index (χ0) is 14.5. The molecular weight excluding hydrogens is 280 g/mol. The van der Waals surface area contributed by atoms with Gasteiger partial charge in [0.2, 0.25) is 0 Å². The fraction of sp³-hybridized carbons (Fsp3) is 0.0714. The van der Waals surface area contributed by atoms with Crippen molar-refractivity contribution >= 4 is 28.9 Å². The fourth-order valence-electron chi connectivity index (χ4n) is 1.76. The van der Waals surface area contributed by atoms with Crippen LogP contribution >= 0.6 is 11.6 Å². The SMILES string of the molecule is O=NN(c1ccc(Cl)cc1)c1ccc(CC(=O)O)cc1. The highest BCUT2D eigenvalue weighted by Crippen LogP contribution is 2.27. The molecule has 0 saturated heterocycles. The van der Waals surface area contributed by atoms with Crippen molar-refractivity contribution in [1.29, 1.82) is 0 Å². The van der Waals surface area contributed by atoms with Gasteiger partial charge in [0.15, 0.2) is 0 Å². The molecule has 5 nitrogen and oxygen atoms in total. The van der Waals surface area contributed by atoms with Crippen LogP contribution < -0.4 is 5.01 Å². The average Bonchev–Trinajstić information content (AvgIpc) is 2.43. The number of nitroso groups, excluding NO2 is 1. The maximum Gasteiger partial charge on any atom is 0.307 e. The first-order valence-corrected chi connectivity index (χ1v) is 6.17. The molecule has 0 fully saturated rings. The molecule has 6 heteroatoms. The summed E-state index contributed by atoms with van der Waals surface area (Å²) in [6, 6.07) is 13.3. The second-order valence-corrected chi connectivity index (χ2v) is 4.54. The minimum absolute atomic E-state index is 0.0598. The zero-order valence-electron chi connectivity index (χ0n) is 10.4. The summed E-state index contributed by atoms with van der Waals surface area (Å²) < 4.78 is 0. The lowest BCUT2D eigenvalue weighted by Gasteiger charge is -2.15. The number of carboxylic acids is 1. The molecule has 0 unspecified atom stereocenters. The van der Waals surface area contributed by atoms with Crippen LogP contribution in [-0.2, 0) is 11.2 Å². The summed E-state index contributed by atoms with van der Waals surface area (Å²) in [4.78, 5) is 21.6. The topological polar surface area (TPSA) is 70.0 Å². The highest BCUT2D eigenvalue weighted by atomic mass is 35.5. The monoisotopic (exact) mass is 290 g/mol. The normalized spacial score (nSPS) is 10.1. The van der Waals surface area contributed by atoms with Crippen LogP contribution in [0, 0.1) is 4.91 Å². The van der Waals surface area contributed by atoms with Crippen molar-refractivity contribution in [2.24, 2.45) is 5.29 Å². The van der Waals surface area contributed by atoms with Gasteiger partial charge in [0, 0.05) is 5.02 Å². The van der Waals surface area contributed by atoms with Crippen molar-refractivity contribution in [3.8, 4) is 0 Å². The smallest absolute Gasteiger partial charge is 0.307 e. The van der Waals surface area contributed by atoms with E-state index in [-0.39, 0.29) is 6.42 Å². The number of carbonyl (C=O) groups is 1. The standard InChI is InChI=1S/C14H11ClN2O3/c15-11-3-7-13(8-4-11)17(16-20)12-5-1-10(2-6-12)9-14(18)19/h1-8H,9H2,(H,18,19). The van der Waals surface area contributed by atoms with E-state index in [1.807, 2.05) is 0 Å². The Hall–Kier alpha value is -2.40. The molecule has 0 radical (unpaired) electrons. The molecule has 0 saturated carbocycles. The van der Waals surface area contributed by atoms with E-state index < -0.39 is 5.97 Å². The van der Waals surface area contributed by atoms with E-state index in [4.69, 9.17) is 16.7 Å². The van der Waals surface area contributed by atoms with Crippen LogP contribution in [0.5, 0.6) is 0 Å². The number of anilines is 2. The molecule has 2 aromatic carbocycles. The summed E-state index contributed by atoms with van der Waals surface area (Å²) in [7, 11) is 0. The van der Waals surface area contributed by atoms with Crippen molar-refractivity contribution in [2.75, 3.05) is 5.01 Å². The van der Waals surface area contributed by atoms with Crippen LogP contribution in [0.15, 0.2) is 53.8 Å². The number of rotatable bonds is 5. The molecule has 0 bridgehead atoms. The van der Waals surface area contributed by atoms with Crippen molar-refractivity contribution in [3.63, 3.8) is 0 Å². The lowest BCUT2D eigenvalue weighted by Crippen LogP contribution is -2.07. The largest absolute Gasteiger partial charge is 0.481 e. The van der Waals surface area contributed by atoms with Gasteiger partial charge in [0.25, 0.3) is 0 Å². The van der Waals surface area contributed by atoms with Gasteiger partial charge in [-0.1, -0.05) is 23.7 Å². The molecule has 2 aromatic rings. The van der Waals surface area contributed by atoms with E-state index >= 15 is 0 Å². The first kappa shape index (κ1) is 14.0. The third kappa shape index (κ3) is 3.33. The number of benzene rings is 2. The van der Waals surface area contributed by atoms with Gasteiger partial charge in [-0.3, -0.25) is 4.79 Å². The number of halogens is 1. The maximum absolute atomic E-state index is 11.0. The molecule has 0 atom stereocenters. The van der Waals surface area contributed by atoms with Gasteiger partial charge in [0.05, 0.1) is 23.1 Å². The molecule has 0 amide bonds. The summed E-state index contributed by atoms with van der Waals surface area (Å²) in [5, 5.41) is 13.5. The Morgan fingerprint density at radius 3 is 2.00 bits per heavy atom. The first-order chi connectivity index (χ1) is 9.60. The molecule has 0 aliphatic carbocycles. The molecule has 1 N–H and O–H groups in total. The third-order valence-electron chi connectivity index (χ3n) is 2.69. The molecule has 0 aliphatic rings. The molecular formula is C14H11ClN2O3. The van der Waals surface area contributed by atoms with Gasteiger partial charge in [-0.15, -0.1) is 4.91 Å². The molecule has 0 heterocycles.